The molecule has 12 heteroatoms. The molecule has 1 aliphatic heterocycles. The molecule has 224 valence electrons. The van der Waals surface area contributed by atoms with Gasteiger partial charge in [-0.3, -0.25) is 9.78 Å². The van der Waals surface area contributed by atoms with E-state index in [0.29, 0.717) is 19.5 Å². The molecule has 2 aromatic carbocycles. The number of pyridine rings is 1. The standard InChI is InChI=1S/C30H32F4N4O4/c31-26-16-36-17-27(38-28(39)13-25(20-7-3-1-4-8-20)21-9-5-2-6-10-21)24(26)12-11-22-14-35-15-23(42-22)18-41-29(40)37-19-30(32,33)34/h1-10,16-17,22-23,25,35H,11-15,18-19H2,(H,37,40)(H,38,39). The summed E-state index contributed by atoms with van der Waals surface area (Å²) in [6.07, 6.45) is -3.50. The molecule has 2 heterocycles. The molecular formula is C30H32F4N4O4. The van der Waals surface area contributed by atoms with Crippen LogP contribution in [0.25, 0.3) is 0 Å². The number of carbonyl (C=O) groups is 2. The summed E-state index contributed by atoms with van der Waals surface area (Å²) < 4.78 is 62.4. The fraction of sp³-hybridized carbons (Fsp3) is 0.367. The van der Waals surface area contributed by atoms with Crippen molar-refractivity contribution in [3.05, 3.63) is 95.6 Å². The van der Waals surface area contributed by atoms with Gasteiger partial charge in [-0.2, -0.15) is 13.2 Å². The summed E-state index contributed by atoms with van der Waals surface area (Å²) in [7, 11) is 0. The zero-order chi connectivity index (χ0) is 30.0. The highest BCUT2D eigenvalue weighted by Gasteiger charge is 2.29. The topological polar surface area (TPSA) is 102 Å². The molecule has 2 amide bonds. The predicted octanol–water partition coefficient (Wildman–Crippen LogP) is 4.96. The molecule has 3 N–H and O–H groups in total. The third-order valence-corrected chi connectivity index (χ3v) is 6.75. The predicted molar refractivity (Wildman–Crippen MR) is 147 cm³/mol. The lowest BCUT2D eigenvalue weighted by atomic mass is 9.88. The largest absolute Gasteiger partial charge is 0.447 e. The van der Waals surface area contributed by atoms with Crippen molar-refractivity contribution in [2.45, 2.75) is 43.6 Å². The SMILES string of the molecule is O=C(CC(c1ccccc1)c1ccccc1)Nc1cncc(F)c1CCC1CNCC(COC(=O)NCC(F)(F)F)O1. The number of anilines is 1. The van der Waals surface area contributed by atoms with Gasteiger partial charge in [0.1, 0.15) is 25.1 Å². The summed E-state index contributed by atoms with van der Waals surface area (Å²) in [5.41, 5.74) is 2.51. The number of ether oxygens (including phenoxy) is 2. The first-order valence-electron chi connectivity index (χ1n) is 13.5. The molecule has 1 saturated heterocycles. The van der Waals surface area contributed by atoms with Gasteiger partial charge >= 0.3 is 12.3 Å². The molecule has 3 aromatic rings. The molecule has 1 aromatic heterocycles. The van der Waals surface area contributed by atoms with E-state index in [2.05, 4.69) is 15.6 Å². The molecule has 2 unspecified atom stereocenters. The van der Waals surface area contributed by atoms with Crippen molar-refractivity contribution in [2.24, 2.45) is 0 Å². The van der Waals surface area contributed by atoms with Crippen LogP contribution in [0.1, 0.15) is 35.4 Å². The average molecular weight is 589 g/mol. The molecule has 4 rings (SSSR count). The number of alkyl halides is 3. The highest BCUT2D eigenvalue weighted by molar-refractivity contribution is 5.92. The van der Waals surface area contributed by atoms with E-state index >= 15 is 0 Å². The number of rotatable bonds is 11. The number of morpholine rings is 1. The number of alkyl carbamates (subject to hydrolysis) is 1. The first-order valence-corrected chi connectivity index (χ1v) is 13.5. The minimum atomic E-state index is -4.54. The van der Waals surface area contributed by atoms with Crippen molar-refractivity contribution < 1.29 is 36.6 Å². The van der Waals surface area contributed by atoms with Crippen LogP contribution in [0.3, 0.4) is 0 Å². The third-order valence-electron chi connectivity index (χ3n) is 6.75. The number of benzene rings is 2. The van der Waals surface area contributed by atoms with Gasteiger partial charge in [0, 0.05) is 31.0 Å². The highest BCUT2D eigenvalue weighted by atomic mass is 19.4. The van der Waals surface area contributed by atoms with Gasteiger partial charge in [0.05, 0.1) is 24.2 Å². The molecule has 42 heavy (non-hydrogen) atoms. The fourth-order valence-electron chi connectivity index (χ4n) is 4.75. The Morgan fingerprint density at radius 1 is 1.00 bits per heavy atom. The number of hydrogen-bond acceptors (Lipinski definition) is 6. The summed E-state index contributed by atoms with van der Waals surface area (Å²) >= 11 is 0. The molecule has 8 nitrogen and oxygen atoms in total. The highest BCUT2D eigenvalue weighted by Crippen LogP contribution is 2.29. The van der Waals surface area contributed by atoms with E-state index in [9.17, 15) is 27.2 Å². The van der Waals surface area contributed by atoms with Gasteiger partial charge in [0.2, 0.25) is 5.91 Å². The Kier molecular flexibility index (Phi) is 10.8. The van der Waals surface area contributed by atoms with E-state index in [1.165, 1.54) is 6.20 Å². The van der Waals surface area contributed by atoms with Gasteiger partial charge in [-0.15, -0.1) is 0 Å². The Morgan fingerprint density at radius 3 is 2.29 bits per heavy atom. The number of carbonyl (C=O) groups excluding carboxylic acids is 2. The van der Waals surface area contributed by atoms with E-state index in [4.69, 9.17) is 9.47 Å². The van der Waals surface area contributed by atoms with Crippen molar-refractivity contribution in [3.8, 4) is 0 Å². The van der Waals surface area contributed by atoms with E-state index in [0.717, 1.165) is 17.3 Å². The zero-order valence-electron chi connectivity index (χ0n) is 22.7. The number of nitrogens with one attached hydrogen (secondary N) is 3. The number of halogens is 4. The molecule has 0 bridgehead atoms. The first kappa shape index (κ1) is 30.9. The van der Waals surface area contributed by atoms with Crippen LogP contribution in [0, 0.1) is 5.82 Å². The molecule has 1 fully saturated rings. The molecule has 0 saturated carbocycles. The second-order valence-electron chi connectivity index (χ2n) is 9.92. The Morgan fingerprint density at radius 2 is 1.64 bits per heavy atom. The lowest BCUT2D eigenvalue weighted by molar-refractivity contribution is -0.124. The summed E-state index contributed by atoms with van der Waals surface area (Å²) in [4.78, 5) is 28.6. The fourth-order valence-corrected chi connectivity index (χ4v) is 4.75. The number of nitrogens with zero attached hydrogens (tertiary/aromatic N) is 1. The van der Waals surface area contributed by atoms with Gasteiger partial charge in [0.25, 0.3) is 0 Å². The normalized spacial score (nSPS) is 17.1. The Hall–Kier alpha value is -4.03. The lowest BCUT2D eigenvalue weighted by Gasteiger charge is -2.30. The minimum absolute atomic E-state index is 0.137. The molecule has 0 radical (unpaired) electrons. The van der Waals surface area contributed by atoms with E-state index in [1.807, 2.05) is 60.7 Å². The quantitative estimate of drug-likeness (QED) is 0.274. The molecule has 1 aliphatic rings. The number of amides is 2. The number of hydrogen-bond donors (Lipinski definition) is 3. The van der Waals surface area contributed by atoms with Gasteiger partial charge < -0.3 is 25.4 Å². The molecule has 2 atom stereocenters. The maximum Gasteiger partial charge on any atom is 0.407 e. The van der Waals surface area contributed by atoms with Crippen molar-refractivity contribution >= 4 is 17.7 Å². The Balaban J connectivity index is 1.34. The monoisotopic (exact) mass is 588 g/mol. The van der Waals surface area contributed by atoms with Gasteiger partial charge in [0.15, 0.2) is 0 Å². The first-order chi connectivity index (χ1) is 20.2. The van der Waals surface area contributed by atoms with Crippen molar-refractivity contribution in [2.75, 3.05) is 31.6 Å². The van der Waals surface area contributed by atoms with Crippen LogP contribution in [0.2, 0.25) is 0 Å². The third kappa shape index (κ3) is 9.52. The average Bonchev–Trinajstić information content (AvgIpc) is 2.98. The van der Waals surface area contributed by atoms with Crippen LogP contribution in [0.5, 0.6) is 0 Å². The van der Waals surface area contributed by atoms with E-state index in [1.54, 1.807) is 5.32 Å². The van der Waals surface area contributed by atoms with Crippen LogP contribution in [-0.2, 0) is 20.7 Å². The lowest BCUT2D eigenvalue weighted by Crippen LogP contribution is -2.47. The van der Waals surface area contributed by atoms with Crippen molar-refractivity contribution in [1.82, 2.24) is 15.6 Å². The van der Waals surface area contributed by atoms with Crippen molar-refractivity contribution in [1.29, 1.82) is 0 Å². The summed E-state index contributed by atoms with van der Waals surface area (Å²) in [5, 5.41) is 7.59. The van der Waals surface area contributed by atoms with Gasteiger partial charge in [-0.05, 0) is 24.0 Å². The maximum atomic E-state index is 14.9. The van der Waals surface area contributed by atoms with Gasteiger partial charge in [-0.25, -0.2) is 9.18 Å². The second-order valence-corrected chi connectivity index (χ2v) is 9.92. The zero-order valence-corrected chi connectivity index (χ0v) is 22.7. The van der Waals surface area contributed by atoms with Crippen LogP contribution in [-0.4, -0.2) is 61.6 Å². The maximum absolute atomic E-state index is 14.9. The smallest absolute Gasteiger partial charge is 0.407 e. The van der Waals surface area contributed by atoms with E-state index in [-0.39, 0.29) is 48.6 Å². The van der Waals surface area contributed by atoms with Crippen molar-refractivity contribution in [3.63, 3.8) is 0 Å². The van der Waals surface area contributed by atoms with Crippen LogP contribution in [0.4, 0.5) is 28.0 Å². The van der Waals surface area contributed by atoms with Crippen LogP contribution < -0.4 is 16.0 Å². The van der Waals surface area contributed by atoms with E-state index < -0.39 is 30.7 Å². The molecule has 0 spiro atoms. The summed E-state index contributed by atoms with van der Waals surface area (Å²) in [6, 6.07) is 19.3. The van der Waals surface area contributed by atoms with Crippen LogP contribution >= 0.6 is 0 Å². The van der Waals surface area contributed by atoms with Gasteiger partial charge in [-0.1, -0.05) is 60.7 Å². The summed E-state index contributed by atoms with van der Waals surface area (Å²) in [5.74, 6) is -1.06. The Bertz CT molecular complexity index is 1270. The Labute approximate surface area is 240 Å². The molecular weight excluding hydrogens is 556 g/mol. The summed E-state index contributed by atoms with van der Waals surface area (Å²) in [6.45, 7) is -0.963. The molecule has 0 aliphatic carbocycles. The van der Waals surface area contributed by atoms with Crippen LogP contribution in [0.15, 0.2) is 73.1 Å². The number of aromatic nitrogens is 1. The minimum Gasteiger partial charge on any atom is -0.447 e. The second kappa shape index (κ2) is 14.7.